The predicted octanol–water partition coefficient (Wildman–Crippen LogP) is 6.55. The van der Waals surface area contributed by atoms with E-state index in [1.54, 1.807) is 18.2 Å². The minimum atomic E-state index is -0.945. The molecule has 4 aromatic rings. The Hall–Kier alpha value is -4.32. The molecule has 4 aromatic carbocycles. The van der Waals surface area contributed by atoms with Gasteiger partial charge >= 0.3 is 5.97 Å². The third-order valence-corrected chi connectivity index (χ3v) is 6.71. The molecule has 1 unspecified atom stereocenters. The smallest absolute Gasteiger partial charge is 0.303 e. The number of hydrogen-bond donors (Lipinski definition) is 2. The molecule has 1 heterocycles. The second kappa shape index (κ2) is 10.7. The summed E-state index contributed by atoms with van der Waals surface area (Å²) in [5.41, 5.74) is 3.53. The van der Waals surface area contributed by atoms with E-state index >= 15 is 4.39 Å². The second-order valence-electron chi connectivity index (χ2n) is 9.18. The number of hydrogen-bond acceptors (Lipinski definition) is 4. The Morgan fingerprint density at radius 3 is 2.59 bits per heavy atom. The summed E-state index contributed by atoms with van der Waals surface area (Å²) in [6, 6.07) is 27.2. The van der Waals surface area contributed by atoms with Crippen molar-refractivity contribution in [1.29, 1.82) is 0 Å². The summed E-state index contributed by atoms with van der Waals surface area (Å²) >= 11 is 0. The minimum Gasteiger partial charge on any atom is -0.486 e. The molecular formula is C31H29FN2O3. The first-order chi connectivity index (χ1) is 18.0. The van der Waals surface area contributed by atoms with Crippen molar-refractivity contribution in [2.24, 2.45) is 0 Å². The van der Waals surface area contributed by atoms with Crippen molar-refractivity contribution < 1.29 is 19.0 Å². The van der Waals surface area contributed by atoms with Gasteiger partial charge in [-0.15, -0.1) is 0 Å². The molecule has 0 radical (unpaired) electrons. The van der Waals surface area contributed by atoms with Crippen LogP contribution in [0.3, 0.4) is 0 Å². The summed E-state index contributed by atoms with van der Waals surface area (Å²) < 4.78 is 21.8. The lowest BCUT2D eigenvalue weighted by Crippen LogP contribution is -2.39. The van der Waals surface area contributed by atoms with Crippen LogP contribution in [-0.2, 0) is 11.2 Å². The van der Waals surface area contributed by atoms with Crippen LogP contribution in [0.5, 0.6) is 5.75 Å². The number of nitrogens with one attached hydrogen (secondary N) is 1. The number of aryl methyl sites for hydroxylation is 1. The van der Waals surface area contributed by atoms with E-state index in [0.717, 1.165) is 22.3 Å². The molecule has 188 valence electrons. The Labute approximate surface area is 215 Å². The van der Waals surface area contributed by atoms with E-state index in [0.29, 0.717) is 36.5 Å². The van der Waals surface area contributed by atoms with Crippen LogP contribution in [0.4, 0.5) is 15.8 Å². The van der Waals surface area contributed by atoms with Gasteiger partial charge in [0.05, 0.1) is 17.9 Å². The van der Waals surface area contributed by atoms with Crippen molar-refractivity contribution in [2.75, 3.05) is 18.0 Å². The Morgan fingerprint density at radius 1 is 1.00 bits per heavy atom. The lowest BCUT2D eigenvalue weighted by atomic mass is 10.0. The van der Waals surface area contributed by atoms with Gasteiger partial charge in [-0.3, -0.25) is 4.79 Å². The van der Waals surface area contributed by atoms with E-state index in [2.05, 4.69) is 36.2 Å². The van der Waals surface area contributed by atoms with Crippen molar-refractivity contribution >= 4 is 33.8 Å². The molecule has 0 fully saturated rings. The largest absolute Gasteiger partial charge is 0.486 e. The lowest BCUT2D eigenvalue weighted by Gasteiger charge is -2.37. The van der Waals surface area contributed by atoms with E-state index in [9.17, 15) is 4.79 Å². The molecule has 0 amide bonds. The summed E-state index contributed by atoms with van der Waals surface area (Å²) in [6.07, 6.45) is 0.541. The molecule has 2 N–H and O–H groups in total. The van der Waals surface area contributed by atoms with E-state index in [4.69, 9.17) is 9.84 Å². The molecule has 37 heavy (non-hydrogen) atoms. The number of benzene rings is 4. The Balaban J connectivity index is 1.31. The number of halogens is 1. The fourth-order valence-electron chi connectivity index (χ4n) is 4.85. The lowest BCUT2D eigenvalue weighted by molar-refractivity contribution is -0.136. The number of carbonyl (C=O) groups is 1. The maximum absolute atomic E-state index is 15.5. The molecule has 1 aliphatic heterocycles. The van der Waals surface area contributed by atoms with Crippen molar-refractivity contribution in [3.05, 3.63) is 108 Å². The average molecular weight is 497 g/mol. The first-order valence-electron chi connectivity index (χ1n) is 12.4. The maximum Gasteiger partial charge on any atom is 0.303 e. The summed E-state index contributed by atoms with van der Waals surface area (Å²) in [7, 11) is 0. The van der Waals surface area contributed by atoms with Crippen LogP contribution in [0.1, 0.15) is 24.0 Å². The van der Waals surface area contributed by atoms with Gasteiger partial charge in [0.1, 0.15) is 17.7 Å². The second-order valence-corrected chi connectivity index (χ2v) is 9.18. The zero-order valence-electron chi connectivity index (χ0n) is 20.5. The van der Waals surface area contributed by atoms with E-state index < -0.39 is 5.97 Å². The zero-order chi connectivity index (χ0) is 25.8. The predicted molar refractivity (Wildman–Crippen MR) is 146 cm³/mol. The van der Waals surface area contributed by atoms with Gasteiger partial charge in [0, 0.05) is 30.6 Å². The molecule has 5 nitrogen and oxygen atoms in total. The molecule has 6 heteroatoms. The molecular weight excluding hydrogens is 467 g/mol. The number of rotatable bonds is 9. The standard InChI is InChI=1S/C31H29FN2O3/c1-21(25-12-6-9-22-8-2-3-11-26(22)25)33-19-18-24-20-34(27-13-4-5-15-29(27)37-24)28-14-7-10-23(31(28)32)16-17-30(35)36/h2-15,24,33H,1,16-20H2,(H,35,36). The van der Waals surface area contributed by atoms with Crippen molar-refractivity contribution in [1.82, 2.24) is 5.32 Å². The topological polar surface area (TPSA) is 61.8 Å². The molecule has 1 atom stereocenters. The number of ether oxygens (including phenoxy) is 1. The minimum absolute atomic E-state index is 0.116. The van der Waals surface area contributed by atoms with Gasteiger partial charge in [-0.1, -0.05) is 73.3 Å². The Bertz CT molecular complexity index is 1450. The van der Waals surface area contributed by atoms with Crippen molar-refractivity contribution in [3.8, 4) is 5.75 Å². The number of para-hydroxylation sites is 2. The van der Waals surface area contributed by atoms with E-state index in [1.807, 2.05) is 47.4 Å². The number of fused-ring (bicyclic) bond motifs is 2. The van der Waals surface area contributed by atoms with Gasteiger partial charge in [0.25, 0.3) is 0 Å². The summed E-state index contributed by atoms with van der Waals surface area (Å²) in [4.78, 5) is 13.0. The summed E-state index contributed by atoms with van der Waals surface area (Å²) in [5.74, 6) is -0.636. The first-order valence-corrected chi connectivity index (χ1v) is 12.4. The highest BCUT2D eigenvalue weighted by atomic mass is 19.1. The molecule has 0 aromatic heterocycles. The van der Waals surface area contributed by atoms with Crippen LogP contribution < -0.4 is 15.0 Å². The molecule has 1 aliphatic rings. The zero-order valence-corrected chi connectivity index (χ0v) is 20.5. The van der Waals surface area contributed by atoms with Gasteiger partial charge in [-0.05, 0) is 41.0 Å². The normalized spacial score (nSPS) is 14.6. The van der Waals surface area contributed by atoms with Gasteiger partial charge in [-0.2, -0.15) is 0 Å². The Morgan fingerprint density at radius 2 is 1.73 bits per heavy atom. The molecule has 0 spiro atoms. The highest BCUT2D eigenvalue weighted by Crippen LogP contribution is 2.40. The number of nitrogens with zero attached hydrogens (tertiary/aromatic N) is 1. The van der Waals surface area contributed by atoms with E-state index in [1.165, 1.54) is 5.39 Å². The molecule has 0 saturated carbocycles. The average Bonchev–Trinajstić information content (AvgIpc) is 2.91. The fourth-order valence-corrected chi connectivity index (χ4v) is 4.85. The summed E-state index contributed by atoms with van der Waals surface area (Å²) in [5, 5.41) is 14.8. The summed E-state index contributed by atoms with van der Waals surface area (Å²) in [6.45, 7) is 5.37. The fraction of sp³-hybridized carbons (Fsp3) is 0.194. The van der Waals surface area contributed by atoms with Gasteiger partial charge < -0.3 is 20.1 Å². The van der Waals surface area contributed by atoms with Crippen molar-refractivity contribution in [3.63, 3.8) is 0 Å². The SMILES string of the molecule is C=C(NCCC1CN(c2cccc(CCC(=O)O)c2F)c2ccccc2O1)c1cccc2ccccc12. The first kappa shape index (κ1) is 24.4. The highest BCUT2D eigenvalue weighted by Gasteiger charge is 2.28. The highest BCUT2D eigenvalue weighted by molar-refractivity contribution is 5.93. The molecule has 0 aliphatic carbocycles. The number of anilines is 2. The molecule has 5 rings (SSSR count). The van der Waals surface area contributed by atoms with Crippen LogP contribution in [-0.4, -0.2) is 30.3 Å². The van der Waals surface area contributed by atoms with E-state index in [-0.39, 0.29) is 24.8 Å². The number of carboxylic acids is 1. The van der Waals surface area contributed by atoms with Crippen LogP contribution >= 0.6 is 0 Å². The maximum atomic E-state index is 15.5. The third-order valence-electron chi connectivity index (χ3n) is 6.71. The monoisotopic (exact) mass is 496 g/mol. The Kier molecular flexibility index (Phi) is 7.08. The van der Waals surface area contributed by atoms with Crippen molar-refractivity contribution in [2.45, 2.75) is 25.4 Å². The third kappa shape index (κ3) is 5.28. The van der Waals surface area contributed by atoms with Crippen LogP contribution in [0.25, 0.3) is 16.5 Å². The van der Waals surface area contributed by atoms with Gasteiger partial charge in [0.15, 0.2) is 0 Å². The quantitative estimate of drug-likeness (QED) is 0.275. The number of carboxylic acid groups (broad SMARTS) is 1. The number of aliphatic carboxylic acids is 1. The van der Waals surface area contributed by atoms with Crippen LogP contribution in [0.2, 0.25) is 0 Å². The molecule has 0 saturated heterocycles. The molecule has 0 bridgehead atoms. The van der Waals surface area contributed by atoms with Crippen LogP contribution in [0.15, 0.2) is 91.5 Å². The van der Waals surface area contributed by atoms with Crippen LogP contribution in [0, 0.1) is 5.82 Å². The van der Waals surface area contributed by atoms with Gasteiger partial charge in [-0.25, -0.2) is 4.39 Å². The van der Waals surface area contributed by atoms with Gasteiger partial charge in [0.2, 0.25) is 0 Å².